The van der Waals surface area contributed by atoms with Crippen LogP contribution >= 0.6 is 23.4 Å². The topological polar surface area (TPSA) is 114 Å². The first-order valence-electron chi connectivity index (χ1n) is 9.24. The number of halogens is 1. The molecule has 0 radical (unpaired) electrons. The average Bonchev–Trinajstić information content (AvgIpc) is 2.73. The first kappa shape index (κ1) is 24.4. The van der Waals surface area contributed by atoms with Gasteiger partial charge in [-0.15, -0.1) is 11.8 Å². The molecule has 0 bridgehead atoms. The van der Waals surface area contributed by atoms with E-state index < -0.39 is 11.2 Å². The molecule has 0 aliphatic heterocycles. The minimum Gasteiger partial charge on any atom is -0.495 e. The molecule has 0 spiro atoms. The molecule has 1 unspecified atom stereocenters. The molecule has 31 heavy (non-hydrogen) atoms. The second-order valence-corrected chi connectivity index (χ2v) is 8.22. The molecule has 8 nitrogen and oxygen atoms in total. The summed E-state index contributed by atoms with van der Waals surface area (Å²) in [5, 5.41) is 14.0. The van der Waals surface area contributed by atoms with E-state index in [4.69, 9.17) is 26.2 Å². The van der Waals surface area contributed by atoms with Gasteiger partial charge in [0, 0.05) is 23.1 Å². The van der Waals surface area contributed by atoms with Crippen LogP contribution in [0.3, 0.4) is 0 Å². The lowest BCUT2D eigenvalue weighted by Gasteiger charge is -2.16. The molecule has 0 saturated heterocycles. The van der Waals surface area contributed by atoms with Crippen LogP contribution in [0.5, 0.6) is 11.5 Å². The van der Waals surface area contributed by atoms with E-state index >= 15 is 0 Å². The van der Waals surface area contributed by atoms with Crippen molar-refractivity contribution in [3.8, 4) is 11.5 Å². The summed E-state index contributed by atoms with van der Waals surface area (Å²) in [6, 6.07) is 10.1. The number of amides is 2. The third kappa shape index (κ3) is 7.37. The summed E-state index contributed by atoms with van der Waals surface area (Å²) in [7, 11) is 2.98. The highest BCUT2D eigenvalue weighted by molar-refractivity contribution is 8.00. The number of carboxylic acid groups (broad SMARTS) is 1. The van der Waals surface area contributed by atoms with Crippen molar-refractivity contribution in [2.45, 2.75) is 29.9 Å². The van der Waals surface area contributed by atoms with Crippen LogP contribution in [-0.4, -0.2) is 42.4 Å². The number of thioether (sulfide) groups is 1. The quantitative estimate of drug-likeness (QED) is 0.448. The fourth-order valence-electron chi connectivity index (χ4n) is 2.51. The lowest BCUT2D eigenvalue weighted by atomic mass is 10.2. The number of aliphatic carboxylic acids is 1. The Hall–Kier alpha value is -2.91. The van der Waals surface area contributed by atoms with Gasteiger partial charge in [-0.25, -0.2) is 0 Å². The summed E-state index contributed by atoms with van der Waals surface area (Å²) >= 11 is 7.48. The van der Waals surface area contributed by atoms with Gasteiger partial charge in [-0.1, -0.05) is 11.6 Å². The summed E-state index contributed by atoms with van der Waals surface area (Å²) in [4.78, 5) is 35.7. The van der Waals surface area contributed by atoms with Gasteiger partial charge in [0.1, 0.15) is 11.5 Å². The number of benzene rings is 2. The van der Waals surface area contributed by atoms with E-state index in [2.05, 4.69) is 10.6 Å². The van der Waals surface area contributed by atoms with Gasteiger partial charge in [0.2, 0.25) is 11.8 Å². The van der Waals surface area contributed by atoms with E-state index in [1.165, 1.54) is 26.0 Å². The number of hydrogen-bond donors (Lipinski definition) is 3. The molecule has 2 aromatic rings. The minimum atomic E-state index is -1.02. The van der Waals surface area contributed by atoms with Crippen molar-refractivity contribution in [1.82, 2.24) is 0 Å². The summed E-state index contributed by atoms with van der Waals surface area (Å²) in [6.45, 7) is 1.76. The smallest absolute Gasteiger partial charge is 0.303 e. The maximum absolute atomic E-state index is 12.6. The number of hydrogen-bond acceptors (Lipinski definition) is 6. The zero-order chi connectivity index (χ0) is 23.0. The third-order valence-corrected chi connectivity index (χ3v) is 5.53. The maximum Gasteiger partial charge on any atom is 0.303 e. The predicted octanol–water partition coefficient (Wildman–Crippen LogP) is 4.28. The van der Waals surface area contributed by atoms with Gasteiger partial charge in [0.15, 0.2) is 0 Å². The SMILES string of the molecule is COc1cc(OC)c(NC(=O)C(C)Sc2ccc(NC(=O)CCC(=O)O)cc2)cc1Cl. The summed E-state index contributed by atoms with van der Waals surface area (Å²) in [5.74, 6) is -0.772. The number of ether oxygens (including phenoxy) is 2. The summed E-state index contributed by atoms with van der Waals surface area (Å²) < 4.78 is 10.4. The Morgan fingerprint density at radius 3 is 2.26 bits per heavy atom. The monoisotopic (exact) mass is 466 g/mol. The number of anilines is 2. The van der Waals surface area contributed by atoms with Crippen LogP contribution in [0.25, 0.3) is 0 Å². The second-order valence-electron chi connectivity index (χ2n) is 6.40. The Morgan fingerprint density at radius 1 is 1.03 bits per heavy atom. The highest BCUT2D eigenvalue weighted by Gasteiger charge is 2.18. The van der Waals surface area contributed by atoms with E-state index in [1.807, 2.05) is 0 Å². The fourth-order valence-corrected chi connectivity index (χ4v) is 3.62. The Kier molecular flexibility index (Phi) is 9.02. The van der Waals surface area contributed by atoms with Crippen molar-refractivity contribution in [2.24, 2.45) is 0 Å². The molecule has 1 atom stereocenters. The molecule has 0 heterocycles. The van der Waals surface area contributed by atoms with Crippen LogP contribution in [0, 0.1) is 0 Å². The van der Waals surface area contributed by atoms with Gasteiger partial charge in [0.05, 0.1) is 36.6 Å². The third-order valence-electron chi connectivity index (χ3n) is 4.12. The zero-order valence-electron chi connectivity index (χ0n) is 17.2. The van der Waals surface area contributed by atoms with Gasteiger partial charge in [0.25, 0.3) is 0 Å². The van der Waals surface area contributed by atoms with Crippen LogP contribution in [-0.2, 0) is 14.4 Å². The average molecular weight is 467 g/mol. The van der Waals surface area contributed by atoms with Crippen molar-refractivity contribution < 1.29 is 29.0 Å². The number of nitrogens with one attached hydrogen (secondary N) is 2. The van der Waals surface area contributed by atoms with E-state index in [0.29, 0.717) is 27.9 Å². The van der Waals surface area contributed by atoms with E-state index in [1.54, 1.807) is 43.3 Å². The molecule has 10 heteroatoms. The number of rotatable bonds is 10. The number of carbonyl (C=O) groups is 3. The minimum absolute atomic E-state index is 0.0954. The van der Waals surface area contributed by atoms with Crippen molar-refractivity contribution >= 4 is 52.5 Å². The molecule has 0 aliphatic rings. The number of carboxylic acids is 1. The van der Waals surface area contributed by atoms with Crippen molar-refractivity contribution in [2.75, 3.05) is 24.9 Å². The van der Waals surface area contributed by atoms with Gasteiger partial charge in [-0.2, -0.15) is 0 Å². The van der Waals surface area contributed by atoms with Gasteiger partial charge < -0.3 is 25.2 Å². The maximum atomic E-state index is 12.6. The molecule has 2 amide bonds. The van der Waals surface area contributed by atoms with Crippen molar-refractivity contribution in [3.05, 3.63) is 41.4 Å². The molecular weight excluding hydrogens is 444 g/mol. The second kappa shape index (κ2) is 11.5. The Morgan fingerprint density at radius 2 is 1.68 bits per heavy atom. The molecule has 0 saturated carbocycles. The van der Waals surface area contributed by atoms with Crippen molar-refractivity contribution in [1.29, 1.82) is 0 Å². The normalized spacial score (nSPS) is 11.4. The van der Waals surface area contributed by atoms with Gasteiger partial charge in [-0.3, -0.25) is 14.4 Å². The standard InChI is InChI=1S/C21H23ClN2O6S/c1-12(21(28)24-16-10-15(22)17(29-2)11-18(16)30-3)31-14-6-4-13(5-7-14)23-19(25)8-9-20(26)27/h4-7,10-12H,8-9H2,1-3H3,(H,23,25)(H,24,28)(H,26,27). The Labute approximate surface area is 189 Å². The largest absolute Gasteiger partial charge is 0.495 e. The molecule has 2 rings (SSSR count). The van der Waals surface area contributed by atoms with E-state index in [0.717, 1.165) is 4.90 Å². The van der Waals surface area contributed by atoms with Crippen LogP contribution in [0.2, 0.25) is 5.02 Å². The highest BCUT2D eigenvalue weighted by atomic mass is 35.5. The number of methoxy groups -OCH3 is 2. The van der Waals surface area contributed by atoms with Crippen LogP contribution in [0.15, 0.2) is 41.3 Å². The molecule has 2 aromatic carbocycles. The molecule has 166 valence electrons. The first-order chi connectivity index (χ1) is 14.7. The van der Waals surface area contributed by atoms with E-state index in [9.17, 15) is 14.4 Å². The predicted molar refractivity (Wildman–Crippen MR) is 120 cm³/mol. The van der Waals surface area contributed by atoms with Gasteiger partial charge >= 0.3 is 5.97 Å². The van der Waals surface area contributed by atoms with Gasteiger partial charge in [-0.05, 0) is 37.3 Å². The van der Waals surface area contributed by atoms with E-state index in [-0.39, 0.29) is 24.7 Å². The first-order valence-corrected chi connectivity index (χ1v) is 10.5. The fraction of sp³-hybridized carbons (Fsp3) is 0.286. The molecule has 0 aromatic heterocycles. The highest BCUT2D eigenvalue weighted by Crippen LogP contribution is 2.36. The Balaban J connectivity index is 1.96. The van der Waals surface area contributed by atoms with Crippen molar-refractivity contribution in [3.63, 3.8) is 0 Å². The lowest BCUT2D eigenvalue weighted by Crippen LogP contribution is -2.22. The molecular formula is C21H23ClN2O6S. The van der Waals surface area contributed by atoms with Crippen LogP contribution < -0.4 is 20.1 Å². The summed E-state index contributed by atoms with van der Waals surface area (Å²) in [5.41, 5.74) is 0.986. The van der Waals surface area contributed by atoms with Crippen LogP contribution in [0.1, 0.15) is 19.8 Å². The number of carbonyl (C=O) groups excluding carboxylic acids is 2. The lowest BCUT2D eigenvalue weighted by molar-refractivity contribution is -0.138. The molecule has 3 N–H and O–H groups in total. The van der Waals surface area contributed by atoms with Crippen LogP contribution in [0.4, 0.5) is 11.4 Å². The summed E-state index contributed by atoms with van der Waals surface area (Å²) in [6.07, 6.45) is -0.321. The zero-order valence-corrected chi connectivity index (χ0v) is 18.8. The Bertz CT molecular complexity index is 952. The molecule has 0 fully saturated rings. The molecule has 0 aliphatic carbocycles.